The number of hydrogen-bond acceptors (Lipinski definition) is 3. The summed E-state index contributed by atoms with van der Waals surface area (Å²) < 4.78 is 5.10. The molecule has 0 fully saturated rings. The number of ether oxygens (including phenoxy) is 1. The van der Waals surface area contributed by atoms with Gasteiger partial charge in [0.2, 0.25) is 5.91 Å². The standard InChI is InChI=1S/C14H26N2O2/c1-12(2)15-8-4-5-14(17)16-9-6-13(7-10-16)11-18-3/h6,12,15H,4-5,7-11H2,1-3H3. The van der Waals surface area contributed by atoms with E-state index in [1.54, 1.807) is 7.11 Å². The lowest BCUT2D eigenvalue weighted by atomic mass is 10.1. The van der Waals surface area contributed by atoms with Crippen molar-refractivity contribution in [1.29, 1.82) is 0 Å². The molecule has 0 aromatic heterocycles. The molecule has 0 aromatic rings. The van der Waals surface area contributed by atoms with Crippen molar-refractivity contribution in [2.45, 2.75) is 39.2 Å². The molecule has 1 aliphatic heterocycles. The van der Waals surface area contributed by atoms with Gasteiger partial charge in [0.05, 0.1) is 6.61 Å². The van der Waals surface area contributed by atoms with Gasteiger partial charge in [-0.15, -0.1) is 0 Å². The van der Waals surface area contributed by atoms with Crippen molar-refractivity contribution < 1.29 is 9.53 Å². The maximum Gasteiger partial charge on any atom is 0.222 e. The highest BCUT2D eigenvalue weighted by Gasteiger charge is 2.16. The second kappa shape index (κ2) is 8.27. The van der Waals surface area contributed by atoms with Crippen LogP contribution in [0.3, 0.4) is 0 Å². The van der Waals surface area contributed by atoms with Gasteiger partial charge in [0.15, 0.2) is 0 Å². The average Bonchev–Trinajstić information content (AvgIpc) is 2.35. The van der Waals surface area contributed by atoms with Crippen LogP contribution in [0.4, 0.5) is 0 Å². The molecule has 1 amide bonds. The third-order valence-corrected chi connectivity index (χ3v) is 3.11. The zero-order chi connectivity index (χ0) is 13.4. The molecule has 0 saturated heterocycles. The van der Waals surface area contributed by atoms with Gasteiger partial charge in [-0.2, -0.15) is 0 Å². The molecule has 1 heterocycles. The number of carbonyl (C=O) groups is 1. The zero-order valence-corrected chi connectivity index (χ0v) is 11.9. The second-order valence-electron chi connectivity index (χ2n) is 5.10. The molecule has 104 valence electrons. The van der Waals surface area contributed by atoms with Gasteiger partial charge in [-0.25, -0.2) is 0 Å². The van der Waals surface area contributed by atoms with Crippen LogP contribution in [0.5, 0.6) is 0 Å². The SMILES string of the molecule is COCC1=CCN(C(=O)CCCNC(C)C)CC1. The fourth-order valence-corrected chi connectivity index (χ4v) is 2.04. The summed E-state index contributed by atoms with van der Waals surface area (Å²) in [6, 6.07) is 0.495. The van der Waals surface area contributed by atoms with Crippen molar-refractivity contribution in [2.24, 2.45) is 0 Å². The highest BCUT2D eigenvalue weighted by atomic mass is 16.5. The molecule has 0 atom stereocenters. The van der Waals surface area contributed by atoms with Gasteiger partial charge in [-0.3, -0.25) is 4.79 Å². The van der Waals surface area contributed by atoms with Crippen LogP contribution in [0.2, 0.25) is 0 Å². The van der Waals surface area contributed by atoms with Crippen molar-refractivity contribution in [3.8, 4) is 0 Å². The Labute approximate surface area is 110 Å². The van der Waals surface area contributed by atoms with E-state index in [1.807, 2.05) is 4.90 Å². The van der Waals surface area contributed by atoms with Crippen LogP contribution < -0.4 is 5.32 Å². The topological polar surface area (TPSA) is 41.6 Å². The Hall–Kier alpha value is -0.870. The Morgan fingerprint density at radius 1 is 1.56 bits per heavy atom. The maximum absolute atomic E-state index is 11.9. The fourth-order valence-electron chi connectivity index (χ4n) is 2.04. The van der Waals surface area contributed by atoms with Gasteiger partial charge < -0.3 is 15.0 Å². The highest BCUT2D eigenvalue weighted by molar-refractivity contribution is 5.76. The highest BCUT2D eigenvalue weighted by Crippen LogP contribution is 2.12. The van der Waals surface area contributed by atoms with E-state index in [4.69, 9.17) is 4.74 Å². The summed E-state index contributed by atoms with van der Waals surface area (Å²) in [4.78, 5) is 13.9. The predicted octanol–water partition coefficient (Wildman–Crippen LogP) is 1.57. The summed E-state index contributed by atoms with van der Waals surface area (Å²) in [5, 5.41) is 3.33. The molecular formula is C14H26N2O2. The van der Waals surface area contributed by atoms with Crippen molar-refractivity contribution in [2.75, 3.05) is 33.4 Å². The van der Waals surface area contributed by atoms with Crippen LogP contribution >= 0.6 is 0 Å². The first kappa shape index (κ1) is 15.2. The minimum Gasteiger partial charge on any atom is -0.380 e. The molecule has 0 radical (unpaired) electrons. The third kappa shape index (κ3) is 5.65. The van der Waals surface area contributed by atoms with Crippen LogP contribution in [-0.2, 0) is 9.53 Å². The molecule has 1 N–H and O–H groups in total. The Morgan fingerprint density at radius 3 is 2.89 bits per heavy atom. The van der Waals surface area contributed by atoms with Crippen molar-refractivity contribution in [3.05, 3.63) is 11.6 Å². The number of rotatable bonds is 7. The summed E-state index contributed by atoms with van der Waals surface area (Å²) in [6.45, 7) is 7.44. The van der Waals surface area contributed by atoms with E-state index in [0.29, 0.717) is 19.1 Å². The molecule has 0 spiro atoms. The van der Waals surface area contributed by atoms with Gasteiger partial charge in [-0.1, -0.05) is 19.9 Å². The van der Waals surface area contributed by atoms with Crippen molar-refractivity contribution >= 4 is 5.91 Å². The van der Waals surface area contributed by atoms with Crippen LogP contribution in [0.15, 0.2) is 11.6 Å². The molecule has 0 aliphatic carbocycles. The summed E-state index contributed by atoms with van der Waals surface area (Å²) in [5.74, 6) is 0.272. The van der Waals surface area contributed by atoms with E-state index >= 15 is 0 Å². The largest absolute Gasteiger partial charge is 0.380 e. The lowest BCUT2D eigenvalue weighted by Gasteiger charge is -2.26. The molecule has 0 bridgehead atoms. The first-order valence-electron chi connectivity index (χ1n) is 6.81. The van der Waals surface area contributed by atoms with Crippen LogP contribution in [0.1, 0.15) is 33.1 Å². The average molecular weight is 254 g/mol. The number of carbonyl (C=O) groups excluding carboxylic acids is 1. The van der Waals surface area contributed by atoms with E-state index in [1.165, 1.54) is 5.57 Å². The second-order valence-corrected chi connectivity index (χ2v) is 5.10. The van der Waals surface area contributed by atoms with E-state index in [0.717, 1.165) is 32.5 Å². The van der Waals surface area contributed by atoms with E-state index in [9.17, 15) is 4.79 Å². The Bertz CT molecular complexity index is 288. The Morgan fingerprint density at radius 2 is 2.33 bits per heavy atom. The van der Waals surface area contributed by atoms with E-state index in [-0.39, 0.29) is 5.91 Å². The summed E-state index contributed by atoms with van der Waals surface area (Å²) in [5.41, 5.74) is 1.31. The quantitative estimate of drug-likeness (QED) is 0.554. The first-order chi connectivity index (χ1) is 8.63. The van der Waals surface area contributed by atoms with Gasteiger partial charge in [0, 0.05) is 32.7 Å². The Balaban J connectivity index is 2.19. The fraction of sp³-hybridized carbons (Fsp3) is 0.786. The summed E-state index contributed by atoms with van der Waals surface area (Å²) >= 11 is 0. The summed E-state index contributed by atoms with van der Waals surface area (Å²) in [7, 11) is 1.71. The third-order valence-electron chi connectivity index (χ3n) is 3.11. The monoisotopic (exact) mass is 254 g/mol. The first-order valence-corrected chi connectivity index (χ1v) is 6.81. The normalized spacial score (nSPS) is 16.0. The van der Waals surface area contributed by atoms with Gasteiger partial charge in [0.25, 0.3) is 0 Å². The molecule has 4 heteroatoms. The van der Waals surface area contributed by atoms with Crippen LogP contribution in [0, 0.1) is 0 Å². The predicted molar refractivity (Wildman–Crippen MR) is 73.5 cm³/mol. The minimum atomic E-state index is 0.272. The molecular weight excluding hydrogens is 228 g/mol. The molecule has 4 nitrogen and oxygen atoms in total. The van der Waals surface area contributed by atoms with Crippen molar-refractivity contribution in [3.63, 3.8) is 0 Å². The number of hydrogen-bond donors (Lipinski definition) is 1. The smallest absolute Gasteiger partial charge is 0.222 e. The maximum atomic E-state index is 11.9. The molecule has 18 heavy (non-hydrogen) atoms. The Kier molecular flexibility index (Phi) is 6.98. The van der Waals surface area contributed by atoms with Crippen LogP contribution in [-0.4, -0.2) is 50.2 Å². The van der Waals surface area contributed by atoms with E-state index in [2.05, 4.69) is 25.2 Å². The number of methoxy groups -OCH3 is 1. The summed E-state index contributed by atoms with van der Waals surface area (Å²) in [6.07, 6.45) is 4.64. The van der Waals surface area contributed by atoms with E-state index < -0.39 is 0 Å². The molecule has 0 unspecified atom stereocenters. The lowest BCUT2D eigenvalue weighted by Crippen LogP contribution is -2.35. The lowest BCUT2D eigenvalue weighted by molar-refractivity contribution is -0.131. The molecule has 0 saturated carbocycles. The minimum absolute atomic E-state index is 0.272. The molecule has 1 aliphatic rings. The molecule has 0 aromatic carbocycles. The van der Waals surface area contributed by atoms with Gasteiger partial charge in [0.1, 0.15) is 0 Å². The van der Waals surface area contributed by atoms with Crippen molar-refractivity contribution in [1.82, 2.24) is 10.2 Å². The molecule has 1 rings (SSSR count). The van der Waals surface area contributed by atoms with Gasteiger partial charge in [-0.05, 0) is 25.0 Å². The zero-order valence-electron chi connectivity index (χ0n) is 11.9. The number of nitrogens with one attached hydrogen (secondary N) is 1. The number of amides is 1. The van der Waals surface area contributed by atoms with Gasteiger partial charge >= 0.3 is 0 Å². The number of nitrogens with zero attached hydrogens (tertiary/aromatic N) is 1. The van der Waals surface area contributed by atoms with Crippen LogP contribution in [0.25, 0.3) is 0 Å².